The van der Waals surface area contributed by atoms with Crippen LogP contribution in [-0.4, -0.2) is 28.9 Å². The summed E-state index contributed by atoms with van der Waals surface area (Å²) in [6.07, 6.45) is 5.26. The minimum atomic E-state index is -0.117. The summed E-state index contributed by atoms with van der Waals surface area (Å²) in [5.41, 5.74) is 0.653. The molecule has 0 radical (unpaired) electrons. The first kappa shape index (κ1) is 12.6. The van der Waals surface area contributed by atoms with Crippen LogP contribution in [0.5, 0.6) is 0 Å². The first-order valence-corrected chi connectivity index (χ1v) is 6.67. The molecule has 0 aromatic carbocycles. The van der Waals surface area contributed by atoms with Crippen molar-refractivity contribution in [2.45, 2.75) is 25.3 Å². The molecule has 1 aromatic rings. The average molecular weight is 301 g/mol. The van der Waals surface area contributed by atoms with E-state index < -0.39 is 0 Å². The first-order chi connectivity index (χ1) is 8.18. The summed E-state index contributed by atoms with van der Waals surface area (Å²) in [6, 6.07) is 0.612. The van der Waals surface area contributed by atoms with Crippen molar-refractivity contribution in [3.05, 3.63) is 21.0 Å². The van der Waals surface area contributed by atoms with E-state index in [-0.39, 0.29) is 5.56 Å². The van der Waals surface area contributed by atoms with Gasteiger partial charge in [-0.05, 0) is 41.7 Å². The van der Waals surface area contributed by atoms with Gasteiger partial charge in [-0.25, -0.2) is 4.68 Å². The van der Waals surface area contributed by atoms with Crippen LogP contribution in [0.4, 0.5) is 5.69 Å². The van der Waals surface area contributed by atoms with Gasteiger partial charge in [-0.2, -0.15) is 5.10 Å². The Balaban J connectivity index is 1.90. The maximum absolute atomic E-state index is 11.6. The van der Waals surface area contributed by atoms with E-state index >= 15 is 0 Å². The molecule has 0 spiro atoms. The van der Waals surface area contributed by atoms with Crippen LogP contribution in [-0.2, 0) is 7.05 Å². The fraction of sp³-hybridized carbons (Fsp3) is 0.636. The molecule has 2 N–H and O–H groups in total. The van der Waals surface area contributed by atoms with Crippen LogP contribution in [0.25, 0.3) is 0 Å². The van der Waals surface area contributed by atoms with Gasteiger partial charge in [-0.1, -0.05) is 0 Å². The van der Waals surface area contributed by atoms with Gasteiger partial charge in [-0.15, -0.1) is 0 Å². The molecule has 0 unspecified atom stereocenters. The second-order valence-electron chi connectivity index (χ2n) is 4.31. The lowest BCUT2D eigenvalue weighted by atomic mass is 10.1. The molecule has 0 aliphatic carbocycles. The van der Waals surface area contributed by atoms with Gasteiger partial charge in [-0.3, -0.25) is 4.79 Å². The van der Waals surface area contributed by atoms with E-state index in [1.165, 1.54) is 17.5 Å². The largest absolute Gasteiger partial charge is 0.383 e. The summed E-state index contributed by atoms with van der Waals surface area (Å²) >= 11 is 3.29. The summed E-state index contributed by atoms with van der Waals surface area (Å²) in [5, 5.41) is 10.7. The summed E-state index contributed by atoms with van der Waals surface area (Å²) in [6.45, 7) is 1.98. The predicted molar refractivity (Wildman–Crippen MR) is 71.3 cm³/mol. The monoisotopic (exact) mass is 300 g/mol. The van der Waals surface area contributed by atoms with E-state index in [9.17, 15) is 4.79 Å². The summed E-state index contributed by atoms with van der Waals surface area (Å²) in [7, 11) is 1.64. The maximum Gasteiger partial charge on any atom is 0.282 e. The molecule has 0 saturated carbocycles. The Bertz CT molecular complexity index is 440. The summed E-state index contributed by atoms with van der Waals surface area (Å²) in [5.74, 6) is 0. The zero-order chi connectivity index (χ0) is 12.3. The Morgan fingerprint density at radius 2 is 2.53 bits per heavy atom. The second-order valence-corrected chi connectivity index (χ2v) is 5.10. The summed E-state index contributed by atoms with van der Waals surface area (Å²) in [4.78, 5) is 11.6. The highest BCUT2D eigenvalue weighted by atomic mass is 79.9. The number of rotatable bonds is 4. The van der Waals surface area contributed by atoms with Crippen LogP contribution >= 0.6 is 15.9 Å². The average Bonchev–Trinajstić information content (AvgIpc) is 2.82. The molecular formula is C11H17BrN4O. The van der Waals surface area contributed by atoms with Gasteiger partial charge in [0.15, 0.2) is 0 Å². The topological polar surface area (TPSA) is 59.0 Å². The van der Waals surface area contributed by atoms with Crippen molar-refractivity contribution in [1.82, 2.24) is 15.1 Å². The Kier molecular flexibility index (Phi) is 4.17. The van der Waals surface area contributed by atoms with Crippen LogP contribution in [0, 0.1) is 0 Å². The van der Waals surface area contributed by atoms with Crippen molar-refractivity contribution < 1.29 is 0 Å². The highest BCUT2D eigenvalue weighted by Gasteiger charge is 2.13. The Morgan fingerprint density at radius 3 is 3.24 bits per heavy atom. The number of hydrogen-bond donors (Lipinski definition) is 2. The zero-order valence-electron chi connectivity index (χ0n) is 9.87. The third kappa shape index (κ3) is 3.07. The van der Waals surface area contributed by atoms with E-state index in [0.29, 0.717) is 10.5 Å². The molecule has 1 saturated heterocycles. The molecule has 2 heterocycles. The molecule has 1 atom stereocenters. The number of nitrogens with zero attached hydrogens (tertiary/aromatic N) is 2. The van der Waals surface area contributed by atoms with Crippen LogP contribution in [0.15, 0.2) is 15.5 Å². The maximum atomic E-state index is 11.6. The molecule has 0 amide bonds. The molecule has 2 rings (SSSR count). The summed E-state index contributed by atoms with van der Waals surface area (Å²) < 4.78 is 1.86. The van der Waals surface area contributed by atoms with Gasteiger partial charge >= 0.3 is 0 Å². The molecular weight excluding hydrogens is 284 g/mol. The Labute approximate surface area is 109 Å². The van der Waals surface area contributed by atoms with Crippen LogP contribution < -0.4 is 16.2 Å². The van der Waals surface area contributed by atoms with Gasteiger partial charge in [0, 0.05) is 19.6 Å². The van der Waals surface area contributed by atoms with Gasteiger partial charge in [0.2, 0.25) is 0 Å². The normalized spacial score (nSPS) is 19.5. The molecule has 1 fully saturated rings. The van der Waals surface area contributed by atoms with E-state index in [1.807, 2.05) is 0 Å². The number of halogens is 1. The zero-order valence-corrected chi connectivity index (χ0v) is 11.5. The number of nitrogens with one attached hydrogen (secondary N) is 2. The van der Waals surface area contributed by atoms with Crippen molar-refractivity contribution >= 4 is 21.6 Å². The molecule has 1 aromatic heterocycles. The van der Waals surface area contributed by atoms with E-state index in [1.54, 1.807) is 13.2 Å². The number of anilines is 1. The fourth-order valence-corrected chi connectivity index (χ4v) is 2.52. The lowest BCUT2D eigenvalue weighted by Crippen LogP contribution is -2.25. The third-order valence-electron chi connectivity index (χ3n) is 3.05. The Morgan fingerprint density at radius 1 is 1.71 bits per heavy atom. The highest BCUT2D eigenvalue weighted by molar-refractivity contribution is 9.10. The van der Waals surface area contributed by atoms with Gasteiger partial charge < -0.3 is 10.6 Å². The van der Waals surface area contributed by atoms with Crippen molar-refractivity contribution in [2.24, 2.45) is 7.05 Å². The van der Waals surface area contributed by atoms with Crippen molar-refractivity contribution in [2.75, 3.05) is 18.4 Å². The minimum absolute atomic E-state index is 0.117. The SMILES string of the molecule is Cn1ncc(NCC[C@@H]2CCCN2)c(Br)c1=O. The molecule has 1 aliphatic rings. The molecule has 17 heavy (non-hydrogen) atoms. The lowest BCUT2D eigenvalue weighted by molar-refractivity contribution is 0.574. The van der Waals surface area contributed by atoms with Crippen LogP contribution in [0.2, 0.25) is 0 Å². The van der Waals surface area contributed by atoms with Crippen LogP contribution in [0.1, 0.15) is 19.3 Å². The fourth-order valence-electron chi connectivity index (χ4n) is 2.02. The molecule has 1 aliphatic heterocycles. The van der Waals surface area contributed by atoms with Gasteiger partial charge in [0.25, 0.3) is 5.56 Å². The van der Waals surface area contributed by atoms with Crippen LogP contribution in [0.3, 0.4) is 0 Å². The molecule has 94 valence electrons. The lowest BCUT2D eigenvalue weighted by Gasteiger charge is -2.12. The molecule has 6 heteroatoms. The highest BCUT2D eigenvalue weighted by Crippen LogP contribution is 2.16. The standard InChI is InChI=1S/C11H17BrN4O/c1-16-11(17)10(12)9(7-15-16)14-6-4-8-3-2-5-13-8/h7-8,13-14H,2-6H2,1H3/t8-/m0/s1. The first-order valence-electron chi connectivity index (χ1n) is 5.87. The van der Waals surface area contributed by atoms with E-state index in [4.69, 9.17) is 0 Å². The van der Waals surface area contributed by atoms with E-state index in [0.717, 1.165) is 25.2 Å². The smallest absolute Gasteiger partial charge is 0.282 e. The minimum Gasteiger partial charge on any atom is -0.383 e. The third-order valence-corrected chi connectivity index (χ3v) is 3.82. The molecule has 5 nitrogen and oxygen atoms in total. The number of hydrogen-bond acceptors (Lipinski definition) is 4. The van der Waals surface area contributed by atoms with Gasteiger partial charge in [0.1, 0.15) is 4.47 Å². The van der Waals surface area contributed by atoms with E-state index in [2.05, 4.69) is 31.7 Å². The number of aromatic nitrogens is 2. The predicted octanol–water partition coefficient (Wildman–Crippen LogP) is 1.10. The van der Waals surface area contributed by atoms with Crippen molar-refractivity contribution in [1.29, 1.82) is 0 Å². The number of aryl methyl sites for hydroxylation is 1. The quantitative estimate of drug-likeness (QED) is 0.874. The Hall–Kier alpha value is -0.880. The molecule has 0 bridgehead atoms. The van der Waals surface area contributed by atoms with Crippen molar-refractivity contribution in [3.63, 3.8) is 0 Å². The second kappa shape index (κ2) is 5.64. The van der Waals surface area contributed by atoms with Crippen molar-refractivity contribution in [3.8, 4) is 0 Å². The van der Waals surface area contributed by atoms with Gasteiger partial charge in [0.05, 0.1) is 11.9 Å².